The van der Waals surface area contributed by atoms with Crippen molar-refractivity contribution >= 4 is 27.7 Å². The fourth-order valence-electron chi connectivity index (χ4n) is 2.57. The van der Waals surface area contributed by atoms with Crippen LogP contribution in [-0.2, 0) is 0 Å². The molecule has 2 N–H and O–H groups in total. The van der Waals surface area contributed by atoms with Crippen LogP contribution in [0.15, 0.2) is 51.8 Å². The largest absolute Gasteiger partial charge is 0.493 e. The summed E-state index contributed by atoms with van der Waals surface area (Å²) in [7, 11) is 0. The lowest BCUT2D eigenvalue weighted by Crippen LogP contribution is -2.13. The molecule has 0 bridgehead atoms. The normalized spacial score (nSPS) is 18.3. The molecule has 2 atom stereocenters. The van der Waals surface area contributed by atoms with Crippen molar-refractivity contribution in [3.8, 4) is 5.75 Å². The number of ether oxygens (including phenoxy) is 1. The Kier molecular flexibility index (Phi) is 4.57. The number of nitrogens with two attached hydrogens (primary N) is 1. The van der Waals surface area contributed by atoms with Gasteiger partial charge in [0, 0.05) is 32.6 Å². The highest BCUT2D eigenvalue weighted by molar-refractivity contribution is 9.10. The summed E-state index contributed by atoms with van der Waals surface area (Å²) in [4.78, 5) is 1.38. The number of thioether (sulfide) groups is 1. The highest BCUT2D eigenvalue weighted by atomic mass is 79.9. The summed E-state index contributed by atoms with van der Waals surface area (Å²) >= 11 is 5.41. The predicted octanol–water partition coefficient (Wildman–Crippen LogP) is 4.74. The Balaban J connectivity index is 1.76. The van der Waals surface area contributed by atoms with E-state index >= 15 is 0 Å². The first-order chi connectivity index (χ1) is 10.1. The number of hydrogen-bond donors (Lipinski definition) is 1. The van der Waals surface area contributed by atoms with E-state index in [1.54, 1.807) is 0 Å². The molecule has 0 amide bonds. The zero-order valence-corrected chi connectivity index (χ0v) is 14.3. The van der Waals surface area contributed by atoms with Crippen molar-refractivity contribution in [3.05, 3.63) is 58.1 Å². The van der Waals surface area contributed by atoms with Crippen molar-refractivity contribution in [3.63, 3.8) is 0 Å². The highest BCUT2D eigenvalue weighted by Crippen LogP contribution is 2.40. The molecule has 2 nitrogen and oxygen atoms in total. The van der Waals surface area contributed by atoms with Crippen LogP contribution in [0.25, 0.3) is 0 Å². The lowest BCUT2D eigenvalue weighted by Gasteiger charge is -2.17. The Morgan fingerprint density at radius 3 is 2.95 bits per heavy atom. The Bertz CT molecular complexity index is 644. The first-order valence-electron chi connectivity index (χ1n) is 7.04. The summed E-state index contributed by atoms with van der Waals surface area (Å²) in [6, 6.07) is 14.6. The van der Waals surface area contributed by atoms with Gasteiger partial charge in [0.25, 0.3) is 0 Å². The van der Waals surface area contributed by atoms with E-state index < -0.39 is 0 Å². The number of halogens is 1. The van der Waals surface area contributed by atoms with E-state index in [4.69, 9.17) is 10.5 Å². The molecule has 0 fully saturated rings. The summed E-state index contributed by atoms with van der Waals surface area (Å²) in [6.45, 7) is 2.68. The minimum absolute atomic E-state index is 0.0293. The predicted molar refractivity (Wildman–Crippen MR) is 92.1 cm³/mol. The van der Waals surface area contributed by atoms with Crippen LogP contribution in [0.3, 0.4) is 0 Å². The molecule has 2 aromatic rings. The smallest absolute Gasteiger partial charge is 0.125 e. The van der Waals surface area contributed by atoms with Crippen molar-refractivity contribution in [1.29, 1.82) is 0 Å². The lowest BCUT2D eigenvalue weighted by molar-refractivity contribution is 0.293. The second-order valence-corrected chi connectivity index (χ2v) is 7.31. The van der Waals surface area contributed by atoms with E-state index in [1.807, 2.05) is 36.9 Å². The molecular formula is C17H18BrNOS. The van der Waals surface area contributed by atoms with Gasteiger partial charge in [-0.1, -0.05) is 40.2 Å². The number of rotatable bonds is 4. The quantitative estimate of drug-likeness (QED) is 0.851. The Morgan fingerprint density at radius 1 is 1.33 bits per heavy atom. The van der Waals surface area contributed by atoms with E-state index in [2.05, 4.69) is 40.2 Å². The standard InChI is InChI=1S/C17H18BrNOS/c1-11(19)14-7-6-13(18)8-16(14)20-9-12-10-21-17-5-3-2-4-15(12)17/h2-8,11-12H,9-10,19H2,1H3. The van der Waals surface area contributed by atoms with E-state index in [9.17, 15) is 0 Å². The van der Waals surface area contributed by atoms with Crippen LogP contribution in [0.1, 0.15) is 30.0 Å². The maximum atomic E-state index is 6.10. The molecular weight excluding hydrogens is 346 g/mol. The maximum absolute atomic E-state index is 6.10. The van der Waals surface area contributed by atoms with Crippen molar-refractivity contribution < 1.29 is 4.74 Å². The van der Waals surface area contributed by atoms with Gasteiger partial charge in [0.15, 0.2) is 0 Å². The molecule has 0 saturated heterocycles. The molecule has 1 heterocycles. The van der Waals surface area contributed by atoms with Gasteiger partial charge in [-0.25, -0.2) is 0 Å². The number of benzene rings is 2. The average Bonchev–Trinajstić information content (AvgIpc) is 2.88. The summed E-state index contributed by atoms with van der Waals surface area (Å²) in [5, 5.41) is 0. The molecule has 21 heavy (non-hydrogen) atoms. The van der Waals surface area contributed by atoms with Crippen molar-refractivity contribution in [1.82, 2.24) is 0 Å². The first kappa shape index (κ1) is 14.9. The Labute approximate surface area is 138 Å². The van der Waals surface area contributed by atoms with E-state index in [-0.39, 0.29) is 6.04 Å². The molecule has 4 heteroatoms. The summed E-state index contributed by atoms with van der Waals surface area (Å²) < 4.78 is 7.11. The fourth-order valence-corrected chi connectivity index (χ4v) is 4.14. The molecule has 110 valence electrons. The molecule has 0 spiro atoms. The van der Waals surface area contributed by atoms with Gasteiger partial charge in [0.05, 0.1) is 6.61 Å². The third kappa shape index (κ3) is 3.28. The van der Waals surface area contributed by atoms with Gasteiger partial charge in [0.1, 0.15) is 5.75 Å². The van der Waals surface area contributed by atoms with Gasteiger partial charge in [-0.15, -0.1) is 11.8 Å². The minimum Gasteiger partial charge on any atom is -0.493 e. The van der Waals surface area contributed by atoms with Crippen molar-refractivity contribution in [2.75, 3.05) is 12.4 Å². The van der Waals surface area contributed by atoms with Crippen LogP contribution in [0, 0.1) is 0 Å². The van der Waals surface area contributed by atoms with E-state index in [1.165, 1.54) is 10.5 Å². The summed E-state index contributed by atoms with van der Waals surface area (Å²) in [6.07, 6.45) is 0. The van der Waals surface area contributed by atoms with Gasteiger partial charge >= 0.3 is 0 Å². The number of hydrogen-bond acceptors (Lipinski definition) is 3. The molecule has 0 radical (unpaired) electrons. The third-order valence-electron chi connectivity index (χ3n) is 3.71. The first-order valence-corrected chi connectivity index (χ1v) is 8.82. The fraction of sp³-hybridized carbons (Fsp3) is 0.294. The van der Waals surface area contributed by atoms with Crippen molar-refractivity contribution in [2.24, 2.45) is 5.73 Å². The van der Waals surface area contributed by atoms with Crippen LogP contribution in [-0.4, -0.2) is 12.4 Å². The van der Waals surface area contributed by atoms with Gasteiger partial charge in [0.2, 0.25) is 0 Å². The van der Waals surface area contributed by atoms with Crippen LogP contribution in [0.4, 0.5) is 0 Å². The third-order valence-corrected chi connectivity index (χ3v) is 5.45. The topological polar surface area (TPSA) is 35.2 Å². The maximum Gasteiger partial charge on any atom is 0.125 e. The molecule has 2 aromatic carbocycles. The minimum atomic E-state index is -0.0293. The zero-order chi connectivity index (χ0) is 14.8. The second kappa shape index (κ2) is 6.42. The summed E-state index contributed by atoms with van der Waals surface area (Å²) in [5.74, 6) is 2.42. The van der Waals surface area contributed by atoms with Gasteiger partial charge in [-0.3, -0.25) is 0 Å². The van der Waals surface area contributed by atoms with Crippen molar-refractivity contribution in [2.45, 2.75) is 23.8 Å². The zero-order valence-electron chi connectivity index (χ0n) is 11.9. The van der Waals surface area contributed by atoms with Gasteiger partial charge in [-0.2, -0.15) is 0 Å². The van der Waals surface area contributed by atoms with Crippen LogP contribution >= 0.6 is 27.7 Å². The molecule has 0 aliphatic carbocycles. The van der Waals surface area contributed by atoms with E-state index in [0.29, 0.717) is 12.5 Å². The van der Waals surface area contributed by atoms with Crippen LogP contribution in [0.5, 0.6) is 5.75 Å². The number of fused-ring (bicyclic) bond motifs is 1. The molecule has 0 saturated carbocycles. The Morgan fingerprint density at radius 2 is 2.14 bits per heavy atom. The summed E-state index contributed by atoms with van der Waals surface area (Å²) in [5.41, 5.74) is 8.48. The lowest BCUT2D eigenvalue weighted by atomic mass is 10.0. The van der Waals surface area contributed by atoms with Crippen LogP contribution < -0.4 is 10.5 Å². The molecule has 3 rings (SSSR count). The van der Waals surface area contributed by atoms with E-state index in [0.717, 1.165) is 21.5 Å². The average molecular weight is 364 g/mol. The van der Waals surface area contributed by atoms with Gasteiger partial charge < -0.3 is 10.5 Å². The van der Waals surface area contributed by atoms with Crippen LogP contribution in [0.2, 0.25) is 0 Å². The SMILES string of the molecule is CC(N)c1ccc(Br)cc1OCC1CSc2ccccc21. The Hall–Kier alpha value is -0.970. The molecule has 0 aromatic heterocycles. The molecule has 2 unspecified atom stereocenters. The second-order valence-electron chi connectivity index (χ2n) is 5.33. The molecule has 1 aliphatic rings. The van der Waals surface area contributed by atoms with Gasteiger partial charge in [-0.05, 0) is 30.7 Å². The molecule has 1 aliphatic heterocycles. The highest BCUT2D eigenvalue weighted by Gasteiger charge is 2.23. The monoisotopic (exact) mass is 363 g/mol.